The maximum absolute atomic E-state index is 4.25. The van der Waals surface area contributed by atoms with Crippen molar-refractivity contribution < 1.29 is 0 Å². The van der Waals surface area contributed by atoms with Gasteiger partial charge in [0, 0.05) is 6.54 Å². The number of hydrogen-bond acceptors (Lipinski definition) is 8. The Balaban J connectivity index is 2.20. The maximum Gasteiger partial charge on any atom is 0.181 e. The van der Waals surface area contributed by atoms with Crippen molar-refractivity contribution in [2.45, 2.75) is 20.6 Å². The van der Waals surface area contributed by atoms with Gasteiger partial charge in [0.15, 0.2) is 8.68 Å². The molecule has 0 aliphatic carbocycles. The second kappa shape index (κ2) is 6.69. The first-order chi connectivity index (χ1) is 8.74. The van der Waals surface area contributed by atoms with Crippen molar-refractivity contribution in [2.75, 3.05) is 18.1 Å². The summed E-state index contributed by atoms with van der Waals surface area (Å²) >= 11 is 8.14. The van der Waals surface area contributed by atoms with Gasteiger partial charge in [0.2, 0.25) is 0 Å². The SMILES string of the molecule is CCNc1ncnc(Sc2nnc(SC)s2)c1Br. The third-order valence-electron chi connectivity index (χ3n) is 1.85. The zero-order valence-electron chi connectivity index (χ0n) is 9.68. The standard InChI is InChI=1S/C9H10BrN5S3/c1-3-11-6-5(10)7(13-4-12-6)17-9-15-14-8(16-2)18-9/h4H,3H2,1-2H3,(H,11,12,13). The Morgan fingerprint density at radius 3 is 2.78 bits per heavy atom. The van der Waals surface area contributed by atoms with E-state index in [-0.39, 0.29) is 0 Å². The van der Waals surface area contributed by atoms with Crippen molar-refractivity contribution in [3.05, 3.63) is 10.8 Å². The number of hydrogen-bond donors (Lipinski definition) is 1. The van der Waals surface area contributed by atoms with Gasteiger partial charge in [0.05, 0.1) is 4.47 Å². The van der Waals surface area contributed by atoms with Crippen LogP contribution in [0.3, 0.4) is 0 Å². The van der Waals surface area contributed by atoms with Crippen LogP contribution in [0.1, 0.15) is 6.92 Å². The lowest BCUT2D eigenvalue weighted by atomic mass is 10.5. The minimum absolute atomic E-state index is 0.796. The Morgan fingerprint density at radius 2 is 2.11 bits per heavy atom. The van der Waals surface area contributed by atoms with Crippen molar-refractivity contribution in [3.8, 4) is 0 Å². The fraction of sp³-hybridized carbons (Fsp3) is 0.333. The van der Waals surface area contributed by atoms with E-state index in [9.17, 15) is 0 Å². The van der Waals surface area contributed by atoms with Gasteiger partial charge < -0.3 is 5.32 Å². The quantitative estimate of drug-likeness (QED) is 0.644. The number of aromatic nitrogens is 4. The molecule has 9 heteroatoms. The summed E-state index contributed by atoms with van der Waals surface area (Å²) in [7, 11) is 0. The van der Waals surface area contributed by atoms with E-state index in [1.807, 2.05) is 13.2 Å². The molecule has 0 fully saturated rings. The van der Waals surface area contributed by atoms with Crippen LogP contribution in [0, 0.1) is 0 Å². The molecule has 0 aliphatic rings. The van der Waals surface area contributed by atoms with Gasteiger partial charge in [0.25, 0.3) is 0 Å². The molecule has 2 rings (SSSR count). The third-order valence-corrected chi connectivity index (χ3v) is 5.81. The largest absolute Gasteiger partial charge is 0.369 e. The highest BCUT2D eigenvalue weighted by Crippen LogP contribution is 2.37. The average Bonchev–Trinajstić information content (AvgIpc) is 2.82. The van der Waals surface area contributed by atoms with Crippen LogP contribution >= 0.6 is 50.8 Å². The van der Waals surface area contributed by atoms with E-state index >= 15 is 0 Å². The summed E-state index contributed by atoms with van der Waals surface area (Å²) in [6.07, 6.45) is 3.53. The topological polar surface area (TPSA) is 63.6 Å². The van der Waals surface area contributed by atoms with Crippen molar-refractivity contribution in [1.29, 1.82) is 0 Å². The first-order valence-corrected chi connectivity index (χ1v) is 8.69. The Hall–Kier alpha value is -0.380. The van der Waals surface area contributed by atoms with Crippen LogP contribution in [0.15, 0.2) is 24.5 Å². The number of thioether (sulfide) groups is 1. The average molecular weight is 364 g/mol. The van der Waals surface area contributed by atoms with E-state index in [0.29, 0.717) is 0 Å². The highest BCUT2D eigenvalue weighted by Gasteiger charge is 2.12. The molecule has 1 N–H and O–H groups in total. The lowest BCUT2D eigenvalue weighted by Crippen LogP contribution is -2.01. The Labute approximate surface area is 126 Å². The van der Waals surface area contributed by atoms with E-state index in [4.69, 9.17) is 0 Å². The molecule has 0 amide bonds. The number of nitrogens with one attached hydrogen (secondary N) is 1. The van der Waals surface area contributed by atoms with Crippen LogP contribution in [0.2, 0.25) is 0 Å². The van der Waals surface area contributed by atoms with E-state index < -0.39 is 0 Å². The van der Waals surface area contributed by atoms with Gasteiger partial charge in [-0.15, -0.1) is 10.2 Å². The van der Waals surface area contributed by atoms with E-state index in [1.54, 1.807) is 29.4 Å². The van der Waals surface area contributed by atoms with Crippen LogP contribution in [-0.4, -0.2) is 33.0 Å². The normalized spacial score (nSPS) is 10.6. The molecule has 0 radical (unpaired) electrons. The second-order valence-corrected chi connectivity index (χ2v) is 7.07. The summed E-state index contributed by atoms with van der Waals surface area (Å²) in [4.78, 5) is 8.42. The minimum atomic E-state index is 0.796. The fourth-order valence-corrected chi connectivity index (χ4v) is 4.04. The Morgan fingerprint density at radius 1 is 1.33 bits per heavy atom. The monoisotopic (exact) mass is 363 g/mol. The summed E-state index contributed by atoms with van der Waals surface area (Å²) in [5, 5.41) is 12.2. The lowest BCUT2D eigenvalue weighted by molar-refractivity contribution is 0.949. The third kappa shape index (κ3) is 3.34. The summed E-state index contributed by atoms with van der Waals surface area (Å²) in [5.74, 6) is 0.796. The molecular formula is C9H10BrN5S3. The molecular weight excluding hydrogens is 354 g/mol. The molecule has 0 atom stereocenters. The molecule has 2 aromatic rings. The molecule has 96 valence electrons. The van der Waals surface area contributed by atoms with Gasteiger partial charge >= 0.3 is 0 Å². The molecule has 0 aliphatic heterocycles. The summed E-state index contributed by atoms with van der Waals surface area (Å²) in [6, 6.07) is 0. The zero-order chi connectivity index (χ0) is 13.0. The van der Waals surface area contributed by atoms with E-state index in [1.165, 1.54) is 11.8 Å². The first-order valence-electron chi connectivity index (χ1n) is 5.04. The molecule has 0 saturated carbocycles. The van der Waals surface area contributed by atoms with Crippen LogP contribution in [0.25, 0.3) is 0 Å². The molecule has 2 aromatic heterocycles. The van der Waals surface area contributed by atoms with Gasteiger partial charge in [0.1, 0.15) is 17.2 Å². The smallest absolute Gasteiger partial charge is 0.181 e. The fourth-order valence-electron chi connectivity index (χ4n) is 1.12. The van der Waals surface area contributed by atoms with Gasteiger partial charge in [-0.25, -0.2) is 9.97 Å². The van der Waals surface area contributed by atoms with Crippen LogP contribution < -0.4 is 5.32 Å². The number of nitrogens with zero attached hydrogens (tertiary/aromatic N) is 4. The zero-order valence-corrected chi connectivity index (χ0v) is 13.7. The van der Waals surface area contributed by atoms with Crippen molar-refractivity contribution >= 4 is 56.6 Å². The van der Waals surface area contributed by atoms with Gasteiger partial charge in [-0.1, -0.05) is 23.1 Å². The van der Waals surface area contributed by atoms with Crippen molar-refractivity contribution in [2.24, 2.45) is 0 Å². The van der Waals surface area contributed by atoms with Gasteiger partial charge in [-0.2, -0.15) is 0 Å². The molecule has 0 spiro atoms. The van der Waals surface area contributed by atoms with Crippen LogP contribution in [-0.2, 0) is 0 Å². The number of anilines is 1. The molecule has 2 heterocycles. The van der Waals surface area contributed by atoms with Crippen LogP contribution in [0.5, 0.6) is 0 Å². The van der Waals surface area contributed by atoms with Crippen molar-refractivity contribution in [1.82, 2.24) is 20.2 Å². The highest BCUT2D eigenvalue weighted by atomic mass is 79.9. The summed E-state index contributed by atoms with van der Waals surface area (Å²) in [6.45, 7) is 2.84. The minimum Gasteiger partial charge on any atom is -0.369 e. The van der Waals surface area contributed by atoms with E-state index in [0.717, 1.165) is 30.5 Å². The summed E-state index contributed by atoms with van der Waals surface area (Å²) in [5.41, 5.74) is 0. The van der Waals surface area contributed by atoms with Gasteiger partial charge in [-0.05, 0) is 40.9 Å². The first kappa shape index (κ1) is 14.0. The predicted octanol–water partition coefficient (Wildman–Crippen LogP) is 3.40. The Bertz CT molecular complexity index is 533. The summed E-state index contributed by atoms with van der Waals surface area (Å²) < 4.78 is 2.69. The molecule has 0 unspecified atom stereocenters. The molecule has 0 saturated heterocycles. The van der Waals surface area contributed by atoms with E-state index in [2.05, 4.69) is 41.4 Å². The molecule has 5 nitrogen and oxygen atoms in total. The van der Waals surface area contributed by atoms with Crippen molar-refractivity contribution in [3.63, 3.8) is 0 Å². The number of rotatable bonds is 5. The maximum atomic E-state index is 4.25. The molecule has 0 bridgehead atoms. The predicted molar refractivity (Wildman–Crippen MR) is 79.7 cm³/mol. The second-order valence-electron chi connectivity index (χ2n) is 3.01. The Kier molecular flexibility index (Phi) is 5.22. The highest BCUT2D eigenvalue weighted by molar-refractivity contribution is 9.10. The lowest BCUT2D eigenvalue weighted by Gasteiger charge is -2.06. The molecule has 0 aromatic carbocycles. The molecule has 18 heavy (non-hydrogen) atoms. The van der Waals surface area contributed by atoms with Gasteiger partial charge in [-0.3, -0.25) is 0 Å². The number of halogens is 1. The van der Waals surface area contributed by atoms with Crippen LogP contribution in [0.4, 0.5) is 5.82 Å².